The van der Waals surface area contributed by atoms with Crippen LogP contribution in [0.2, 0.25) is 0 Å². The van der Waals surface area contributed by atoms with E-state index in [-0.39, 0.29) is 18.7 Å². The van der Waals surface area contributed by atoms with Crippen molar-refractivity contribution in [1.29, 1.82) is 0 Å². The number of nitrogens with one attached hydrogen (secondary N) is 1. The van der Waals surface area contributed by atoms with E-state index in [0.717, 1.165) is 28.7 Å². The predicted octanol–water partition coefficient (Wildman–Crippen LogP) is 5.17. The van der Waals surface area contributed by atoms with Gasteiger partial charge in [0.25, 0.3) is 5.91 Å². The number of halogens is 3. The molecular weight excluding hydrogens is 377 g/mol. The van der Waals surface area contributed by atoms with E-state index < -0.39 is 12.1 Å². The van der Waals surface area contributed by atoms with Gasteiger partial charge in [-0.05, 0) is 60.9 Å². The van der Waals surface area contributed by atoms with Gasteiger partial charge in [-0.25, -0.2) is 0 Å². The Bertz CT molecular complexity index is 807. The van der Waals surface area contributed by atoms with Crippen LogP contribution in [-0.2, 0) is 4.79 Å². The SMILES string of the molecule is CC/C=C/C(=C\c1cccc(C2=CCC(C(F)(F)F)CC2)c1C)C(=O)NCCN. The quantitative estimate of drug-likeness (QED) is 0.485. The molecule has 29 heavy (non-hydrogen) atoms. The van der Waals surface area contributed by atoms with Crippen LogP contribution in [0, 0.1) is 12.8 Å². The summed E-state index contributed by atoms with van der Waals surface area (Å²) >= 11 is 0. The van der Waals surface area contributed by atoms with Crippen molar-refractivity contribution in [2.45, 2.75) is 45.7 Å². The Labute approximate surface area is 170 Å². The number of allylic oxidation sites excluding steroid dienone is 3. The van der Waals surface area contributed by atoms with Crippen LogP contribution in [-0.4, -0.2) is 25.2 Å². The fourth-order valence-electron chi connectivity index (χ4n) is 3.42. The monoisotopic (exact) mass is 406 g/mol. The van der Waals surface area contributed by atoms with E-state index in [9.17, 15) is 18.0 Å². The van der Waals surface area contributed by atoms with Crippen molar-refractivity contribution in [3.63, 3.8) is 0 Å². The highest BCUT2D eigenvalue weighted by atomic mass is 19.4. The van der Waals surface area contributed by atoms with E-state index in [2.05, 4.69) is 5.32 Å². The lowest BCUT2D eigenvalue weighted by molar-refractivity contribution is -0.175. The lowest BCUT2D eigenvalue weighted by Gasteiger charge is -2.25. The molecule has 0 bridgehead atoms. The molecule has 2 rings (SSSR count). The highest BCUT2D eigenvalue weighted by molar-refractivity contribution is 6.00. The van der Waals surface area contributed by atoms with E-state index >= 15 is 0 Å². The average molecular weight is 406 g/mol. The topological polar surface area (TPSA) is 55.1 Å². The number of benzene rings is 1. The molecule has 0 fully saturated rings. The first kappa shape index (κ1) is 22.9. The average Bonchev–Trinajstić information content (AvgIpc) is 2.70. The molecule has 0 saturated heterocycles. The number of alkyl halides is 3. The van der Waals surface area contributed by atoms with Crippen LogP contribution >= 0.6 is 0 Å². The summed E-state index contributed by atoms with van der Waals surface area (Å²) in [5.41, 5.74) is 9.71. The summed E-state index contributed by atoms with van der Waals surface area (Å²) in [6.45, 7) is 4.68. The van der Waals surface area contributed by atoms with E-state index in [1.54, 1.807) is 12.2 Å². The molecular formula is C23H29F3N2O. The number of carbonyl (C=O) groups is 1. The van der Waals surface area contributed by atoms with Gasteiger partial charge >= 0.3 is 6.18 Å². The fourth-order valence-corrected chi connectivity index (χ4v) is 3.42. The Morgan fingerprint density at radius 3 is 2.69 bits per heavy atom. The molecule has 0 aromatic heterocycles. The lowest BCUT2D eigenvalue weighted by Crippen LogP contribution is -2.29. The minimum atomic E-state index is -4.14. The van der Waals surface area contributed by atoms with Crippen molar-refractivity contribution in [2.24, 2.45) is 11.7 Å². The first-order chi connectivity index (χ1) is 13.8. The van der Waals surface area contributed by atoms with Gasteiger partial charge in [-0.1, -0.05) is 43.4 Å². The molecule has 0 radical (unpaired) electrons. The lowest BCUT2D eigenvalue weighted by atomic mass is 9.84. The Balaban J connectivity index is 2.33. The molecule has 1 unspecified atom stereocenters. The zero-order chi connectivity index (χ0) is 21.4. The summed E-state index contributed by atoms with van der Waals surface area (Å²) in [5, 5.41) is 2.78. The minimum absolute atomic E-state index is 0.0182. The molecule has 1 aliphatic carbocycles. The molecule has 6 heteroatoms. The van der Waals surface area contributed by atoms with Gasteiger partial charge in [-0.15, -0.1) is 0 Å². The Morgan fingerprint density at radius 2 is 2.10 bits per heavy atom. The van der Waals surface area contributed by atoms with Crippen molar-refractivity contribution in [1.82, 2.24) is 5.32 Å². The molecule has 0 spiro atoms. The van der Waals surface area contributed by atoms with E-state index in [0.29, 0.717) is 25.1 Å². The molecule has 1 aromatic carbocycles. The zero-order valence-corrected chi connectivity index (χ0v) is 17.0. The number of carbonyl (C=O) groups excluding carboxylic acids is 1. The largest absolute Gasteiger partial charge is 0.392 e. The van der Waals surface area contributed by atoms with Crippen LogP contribution in [0.1, 0.15) is 49.3 Å². The molecule has 1 amide bonds. The number of hydrogen-bond acceptors (Lipinski definition) is 2. The van der Waals surface area contributed by atoms with Crippen molar-refractivity contribution >= 4 is 17.6 Å². The molecule has 3 nitrogen and oxygen atoms in total. The van der Waals surface area contributed by atoms with Crippen molar-refractivity contribution < 1.29 is 18.0 Å². The molecule has 0 heterocycles. The van der Waals surface area contributed by atoms with Crippen molar-refractivity contribution in [3.8, 4) is 0 Å². The molecule has 1 atom stereocenters. The maximum absolute atomic E-state index is 12.9. The van der Waals surface area contributed by atoms with E-state index in [1.165, 1.54) is 0 Å². The maximum Gasteiger partial charge on any atom is 0.392 e. The Morgan fingerprint density at radius 1 is 1.34 bits per heavy atom. The molecule has 3 N–H and O–H groups in total. The first-order valence-electron chi connectivity index (χ1n) is 10.00. The van der Waals surface area contributed by atoms with Gasteiger partial charge in [0.05, 0.1) is 5.92 Å². The fraction of sp³-hybridized carbons (Fsp3) is 0.435. The normalized spacial score (nSPS) is 18.1. The molecule has 0 saturated carbocycles. The number of amides is 1. The summed E-state index contributed by atoms with van der Waals surface area (Å²) in [6.07, 6.45) is 4.41. The highest BCUT2D eigenvalue weighted by Gasteiger charge is 2.39. The van der Waals surface area contributed by atoms with Gasteiger partial charge in [0.1, 0.15) is 0 Å². The zero-order valence-electron chi connectivity index (χ0n) is 17.0. The molecule has 158 valence electrons. The highest BCUT2D eigenvalue weighted by Crippen LogP contribution is 2.40. The van der Waals surface area contributed by atoms with Crippen LogP contribution in [0.4, 0.5) is 13.2 Å². The van der Waals surface area contributed by atoms with Crippen LogP contribution in [0.5, 0.6) is 0 Å². The van der Waals surface area contributed by atoms with Crippen LogP contribution in [0.15, 0.2) is 42.0 Å². The summed E-state index contributed by atoms with van der Waals surface area (Å²) in [4.78, 5) is 12.4. The molecule has 0 aliphatic heterocycles. The number of nitrogens with two attached hydrogens (primary N) is 1. The standard InChI is InChI=1S/C23H29F3N2O/c1-3-4-6-19(22(29)28-14-13-27)15-18-7-5-8-21(16(18)2)17-9-11-20(12-10-17)23(24,25)26/h4-9,15,20H,3,10-14,27H2,1-2H3,(H,28,29)/b6-4+,19-15+. The van der Waals surface area contributed by atoms with Gasteiger partial charge in [0.2, 0.25) is 0 Å². The minimum Gasteiger partial charge on any atom is -0.351 e. The van der Waals surface area contributed by atoms with Gasteiger partial charge in [-0.3, -0.25) is 4.79 Å². The first-order valence-corrected chi connectivity index (χ1v) is 10.00. The summed E-state index contributed by atoms with van der Waals surface area (Å²) in [5.74, 6) is -1.46. The van der Waals surface area contributed by atoms with E-state index in [1.807, 2.05) is 44.2 Å². The van der Waals surface area contributed by atoms with Crippen molar-refractivity contribution in [3.05, 3.63) is 58.7 Å². The summed E-state index contributed by atoms with van der Waals surface area (Å²) in [6, 6.07) is 5.73. The van der Waals surface area contributed by atoms with Gasteiger partial charge < -0.3 is 11.1 Å². The second kappa shape index (κ2) is 10.4. The third-order valence-electron chi connectivity index (χ3n) is 5.13. The Kier molecular flexibility index (Phi) is 8.26. The summed E-state index contributed by atoms with van der Waals surface area (Å²) < 4.78 is 38.8. The number of rotatable bonds is 7. The Hall–Kier alpha value is -2.34. The van der Waals surface area contributed by atoms with Crippen LogP contribution in [0.25, 0.3) is 11.6 Å². The second-order valence-corrected chi connectivity index (χ2v) is 7.22. The maximum atomic E-state index is 12.9. The van der Waals surface area contributed by atoms with Crippen molar-refractivity contribution in [2.75, 3.05) is 13.1 Å². The van der Waals surface area contributed by atoms with Gasteiger partial charge in [0.15, 0.2) is 0 Å². The van der Waals surface area contributed by atoms with Crippen LogP contribution in [0.3, 0.4) is 0 Å². The second-order valence-electron chi connectivity index (χ2n) is 7.22. The molecule has 1 aromatic rings. The van der Waals surface area contributed by atoms with Gasteiger partial charge in [-0.2, -0.15) is 13.2 Å². The molecule has 1 aliphatic rings. The van der Waals surface area contributed by atoms with Gasteiger partial charge in [0, 0.05) is 18.7 Å². The van der Waals surface area contributed by atoms with E-state index in [4.69, 9.17) is 5.73 Å². The third-order valence-corrected chi connectivity index (χ3v) is 5.13. The predicted molar refractivity (Wildman–Crippen MR) is 112 cm³/mol. The van der Waals surface area contributed by atoms with Crippen LogP contribution < -0.4 is 11.1 Å². The smallest absolute Gasteiger partial charge is 0.351 e. The third kappa shape index (κ3) is 6.32. The number of hydrogen-bond donors (Lipinski definition) is 2. The summed E-state index contributed by atoms with van der Waals surface area (Å²) in [7, 11) is 0.